The predicted molar refractivity (Wildman–Crippen MR) is 59.2 cm³/mol. The van der Waals surface area contributed by atoms with Crippen LogP contribution in [0.5, 0.6) is 5.75 Å². The summed E-state index contributed by atoms with van der Waals surface area (Å²) in [6, 6.07) is 0. The van der Waals surface area contributed by atoms with E-state index in [1.54, 1.807) is 0 Å². The summed E-state index contributed by atoms with van der Waals surface area (Å²) in [5, 5.41) is 8.89. The van der Waals surface area contributed by atoms with E-state index in [0.717, 1.165) is 0 Å². The molecule has 0 atom stereocenters. The molecular formula is C10H11N3O3. The molecule has 1 heterocycles. The Morgan fingerprint density at radius 2 is 2.38 bits per heavy atom. The first-order valence-electron chi connectivity index (χ1n) is 4.37. The second kappa shape index (κ2) is 5.50. The topological polar surface area (TPSA) is 97.8 Å². The van der Waals surface area contributed by atoms with Gasteiger partial charge in [0.15, 0.2) is 5.75 Å². The van der Waals surface area contributed by atoms with Crippen LogP contribution in [0.4, 0.5) is 5.69 Å². The van der Waals surface area contributed by atoms with E-state index in [1.165, 1.54) is 38.0 Å². The van der Waals surface area contributed by atoms with E-state index in [-0.39, 0.29) is 11.3 Å². The number of ether oxygens (including phenoxy) is 1. The van der Waals surface area contributed by atoms with Gasteiger partial charge in [0.2, 0.25) is 0 Å². The number of nitrogens with zero attached hydrogens (tertiary/aromatic N) is 2. The molecule has 6 nitrogen and oxygen atoms in total. The molecule has 0 aliphatic rings. The molecule has 1 rings (SSSR count). The van der Waals surface area contributed by atoms with E-state index < -0.39 is 5.97 Å². The van der Waals surface area contributed by atoms with Crippen molar-refractivity contribution in [2.75, 3.05) is 7.11 Å². The van der Waals surface area contributed by atoms with Crippen LogP contribution in [0.2, 0.25) is 0 Å². The molecule has 84 valence electrons. The fraction of sp³-hybridized carbons (Fsp3) is 0.100. The maximum absolute atomic E-state index is 10.9. The Kier molecular flexibility index (Phi) is 4.02. The summed E-state index contributed by atoms with van der Waals surface area (Å²) in [7, 11) is 1.37. The first-order chi connectivity index (χ1) is 7.70. The SMILES string of the molecule is COc1c(N=CC=CN)cncc1C(=O)O. The summed E-state index contributed by atoms with van der Waals surface area (Å²) in [5.41, 5.74) is 5.43. The Balaban J connectivity index is 3.18. The lowest BCUT2D eigenvalue weighted by Gasteiger charge is -2.06. The van der Waals surface area contributed by atoms with Crippen molar-refractivity contribution < 1.29 is 14.6 Å². The van der Waals surface area contributed by atoms with Crippen molar-refractivity contribution in [3.05, 3.63) is 30.2 Å². The average Bonchev–Trinajstić information content (AvgIpc) is 2.29. The smallest absolute Gasteiger partial charge is 0.341 e. The minimum atomic E-state index is -1.12. The highest BCUT2D eigenvalue weighted by molar-refractivity contribution is 5.93. The molecule has 0 aliphatic carbocycles. The van der Waals surface area contributed by atoms with E-state index in [0.29, 0.717) is 5.69 Å². The van der Waals surface area contributed by atoms with Gasteiger partial charge in [-0.2, -0.15) is 0 Å². The molecular weight excluding hydrogens is 210 g/mol. The fourth-order valence-electron chi connectivity index (χ4n) is 1.07. The quantitative estimate of drug-likeness (QED) is 0.738. The monoisotopic (exact) mass is 221 g/mol. The van der Waals surface area contributed by atoms with Gasteiger partial charge in [-0.3, -0.25) is 9.98 Å². The Labute approximate surface area is 92.1 Å². The summed E-state index contributed by atoms with van der Waals surface area (Å²) in [6.45, 7) is 0. The van der Waals surface area contributed by atoms with Crippen LogP contribution in [-0.2, 0) is 0 Å². The van der Waals surface area contributed by atoms with E-state index in [9.17, 15) is 4.79 Å². The number of methoxy groups -OCH3 is 1. The highest BCUT2D eigenvalue weighted by Crippen LogP contribution is 2.29. The van der Waals surface area contributed by atoms with Crippen LogP contribution >= 0.6 is 0 Å². The Morgan fingerprint density at radius 1 is 1.62 bits per heavy atom. The summed E-state index contributed by atoms with van der Waals surface area (Å²) >= 11 is 0. The summed E-state index contributed by atoms with van der Waals surface area (Å²) in [6.07, 6.45) is 6.85. The number of hydrogen-bond acceptors (Lipinski definition) is 5. The van der Waals surface area contributed by atoms with Crippen molar-refractivity contribution >= 4 is 17.9 Å². The second-order valence-corrected chi connectivity index (χ2v) is 2.71. The molecule has 0 aliphatic heterocycles. The van der Waals surface area contributed by atoms with Gasteiger partial charge < -0.3 is 15.6 Å². The molecule has 1 aromatic rings. The Hall–Kier alpha value is -2.37. The number of aromatic nitrogens is 1. The lowest BCUT2D eigenvalue weighted by molar-refractivity contribution is 0.0693. The first-order valence-corrected chi connectivity index (χ1v) is 4.37. The lowest BCUT2D eigenvalue weighted by atomic mass is 10.2. The molecule has 3 N–H and O–H groups in total. The van der Waals surface area contributed by atoms with Crippen LogP contribution < -0.4 is 10.5 Å². The van der Waals surface area contributed by atoms with Gasteiger partial charge in [0.1, 0.15) is 11.3 Å². The van der Waals surface area contributed by atoms with Gasteiger partial charge in [-0.1, -0.05) is 0 Å². The van der Waals surface area contributed by atoms with Crippen molar-refractivity contribution in [3.8, 4) is 5.75 Å². The first kappa shape index (κ1) is 11.7. The summed E-state index contributed by atoms with van der Waals surface area (Å²) < 4.78 is 4.98. The molecule has 0 bridgehead atoms. The molecule has 0 saturated heterocycles. The average molecular weight is 221 g/mol. The third kappa shape index (κ3) is 2.57. The number of allylic oxidation sites excluding steroid dienone is 1. The van der Waals surface area contributed by atoms with Crippen molar-refractivity contribution in [1.29, 1.82) is 0 Å². The standard InChI is InChI=1S/C10H11N3O3/c1-16-9-7(10(14)15)5-12-6-8(9)13-4-2-3-11/h2-6H,11H2,1H3,(H,14,15). The van der Waals surface area contributed by atoms with Gasteiger partial charge in [-0.05, 0) is 12.3 Å². The van der Waals surface area contributed by atoms with E-state index in [1.807, 2.05) is 0 Å². The van der Waals surface area contributed by atoms with Crippen LogP contribution in [0.1, 0.15) is 10.4 Å². The molecule has 0 amide bonds. The van der Waals surface area contributed by atoms with E-state index >= 15 is 0 Å². The number of carboxylic acids is 1. The zero-order chi connectivity index (χ0) is 12.0. The molecule has 0 unspecified atom stereocenters. The largest absolute Gasteiger partial charge is 0.493 e. The van der Waals surface area contributed by atoms with Gasteiger partial charge in [-0.15, -0.1) is 0 Å². The highest BCUT2D eigenvalue weighted by Gasteiger charge is 2.14. The zero-order valence-corrected chi connectivity index (χ0v) is 8.62. The number of aliphatic imine (C=N–C) groups is 1. The molecule has 1 aromatic heterocycles. The predicted octanol–water partition coefficient (Wildman–Crippen LogP) is 0.963. The lowest BCUT2D eigenvalue weighted by Crippen LogP contribution is -2.01. The van der Waals surface area contributed by atoms with Crippen LogP contribution in [0.3, 0.4) is 0 Å². The Bertz CT molecular complexity index is 441. The number of carbonyl (C=O) groups is 1. The van der Waals surface area contributed by atoms with Crippen LogP contribution in [0.15, 0.2) is 29.7 Å². The molecule has 0 radical (unpaired) electrons. The summed E-state index contributed by atoms with van der Waals surface area (Å²) in [5.74, 6) is -0.945. The molecule has 0 aromatic carbocycles. The number of rotatable bonds is 4. The minimum absolute atomic E-state index is 0.0334. The normalized spacial score (nSPS) is 11.1. The highest BCUT2D eigenvalue weighted by atomic mass is 16.5. The minimum Gasteiger partial charge on any atom is -0.493 e. The van der Waals surface area contributed by atoms with Crippen molar-refractivity contribution in [3.63, 3.8) is 0 Å². The van der Waals surface area contributed by atoms with E-state index in [4.69, 9.17) is 15.6 Å². The number of aromatic carboxylic acids is 1. The molecule has 16 heavy (non-hydrogen) atoms. The number of pyridine rings is 1. The molecule has 6 heteroatoms. The summed E-state index contributed by atoms with van der Waals surface area (Å²) in [4.78, 5) is 18.6. The maximum Gasteiger partial charge on any atom is 0.341 e. The van der Waals surface area contributed by atoms with Crippen LogP contribution in [-0.4, -0.2) is 29.4 Å². The third-order valence-electron chi connectivity index (χ3n) is 1.72. The van der Waals surface area contributed by atoms with Crippen molar-refractivity contribution in [1.82, 2.24) is 4.98 Å². The van der Waals surface area contributed by atoms with E-state index in [2.05, 4.69) is 9.98 Å². The Morgan fingerprint density at radius 3 is 2.94 bits per heavy atom. The molecule has 0 fully saturated rings. The van der Waals surface area contributed by atoms with Crippen LogP contribution in [0.25, 0.3) is 0 Å². The van der Waals surface area contributed by atoms with Crippen LogP contribution in [0, 0.1) is 0 Å². The number of carboxylic acid groups (broad SMARTS) is 1. The van der Waals surface area contributed by atoms with Crippen molar-refractivity contribution in [2.45, 2.75) is 0 Å². The molecule has 0 spiro atoms. The van der Waals surface area contributed by atoms with Gasteiger partial charge in [0.05, 0.1) is 13.3 Å². The van der Waals surface area contributed by atoms with Gasteiger partial charge in [0, 0.05) is 12.4 Å². The fourth-order valence-corrected chi connectivity index (χ4v) is 1.07. The number of nitrogens with two attached hydrogens (primary N) is 1. The number of hydrogen-bond donors (Lipinski definition) is 2. The van der Waals surface area contributed by atoms with Gasteiger partial charge >= 0.3 is 5.97 Å². The maximum atomic E-state index is 10.9. The zero-order valence-electron chi connectivity index (χ0n) is 8.62. The third-order valence-corrected chi connectivity index (χ3v) is 1.72. The molecule has 0 saturated carbocycles. The van der Waals surface area contributed by atoms with Crippen molar-refractivity contribution in [2.24, 2.45) is 10.7 Å². The van der Waals surface area contributed by atoms with Gasteiger partial charge in [0.25, 0.3) is 0 Å². The van der Waals surface area contributed by atoms with Gasteiger partial charge in [-0.25, -0.2) is 4.79 Å². The second-order valence-electron chi connectivity index (χ2n) is 2.71.